The molecule has 0 radical (unpaired) electrons. The fraction of sp³-hybridized carbons (Fsp3) is 0.500. The average molecular weight is 1190 g/mol. The molecular weight excluding hydrogens is 1120 g/mol. The van der Waals surface area contributed by atoms with E-state index in [0.717, 1.165) is 83.1 Å². The number of hydrogen-bond donors (Lipinski definition) is 4. The number of amides is 3. The number of fused-ring (bicyclic) bond motifs is 5. The Labute approximate surface area is 503 Å². The van der Waals surface area contributed by atoms with Crippen LogP contribution < -0.4 is 25.2 Å². The molecule has 0 aliphatic carbocycles. The molecule has 20 nitrogen and oxygen atoms in total. The summed E-state index contributed by atoms with van der Waals surface area (Å²) in [5, 5.41) is 35.0. The molecule has 6 saturated heterocycles. The summed E-state index contributed by atoms with van der Waals surface area (Å²) < 4.78 is 36.0. The summed E-state index contributed by atoms with van der Waals surface area (Å²) in [6.45, 7) is 14.3. The highest BCUT2D eigenvalue weighted by Gasteiger charge is 2.51. The lowest BCUT2D eigenvalue weighted by Gasteiger charge is -2.36. The van der Waals surface area contributed by atoms with Crippen molar-refractivity contribution in [3.8, 4) is 33.5 Å². The summed E-state index contributed by atoms with van der Waals surface area (Å²) in [5.74, 6) is -0.688. The number of halogens is 1. The van der Waals surface area contributed by atoms with E-state index >= 15 is 4.39 Å². The van der Waals surface area contributed by atoms with Crippen LogP contribution in [0.2, 0.25) is 0 Å². The van der Waals surface area contributed by atoms with Crippen molar-refractivity contribution < 1.29 is 43.0 Å². The van der Waals surface area contributed by atoms with Gasteiger partial charge in [-0.1, -0.05) is 68.4 Å². The molecule has 22 heteroatoms. The first-order valence-electron chi connectivity index (χ1n) is 30.6. The van der Waals surface area contributed by atoms with Crippen LogP contribution in [0.15, 0.2) is 76.9 Å². The summed E-state index contributed by atoms with van der Waals surface area (Å²) >= 11 is 1.58. The van der Waals surface area contributed by atoms with E-state index in [0.29, 0.717) is 86.1 Å². The number of likely N-dealkylation sites (tertiary alicyclic amines) is 1. The highest BCUT2D eigenvalue weighted by Crippen LogP contribution is 2.44. The molecule has 452 valence electrons. The molecule has 6 fully saturated rings. The predicted octanol–water partition coefficient (Wildman–Crippen LogP) is 8.53. The first-order chi connectivity index (χ1) is 41.6. The Kier molecular flexibility index (Phi) is 15.8. The molecular formula is C64H75FN12O8S. The fourth-order valence-electron chi connectivity index (χ4n) is 14.5. The average Bonchev–Trinajstić information content (AvgIpc) is 1.63. The Balaban J connectivity index is 0.634. The molecule has 86 heavy (non-hydrogen) atoms. The van der Waals surface area contributed by atoms with Crippen LogP contribution in [0.3, 0.4) is 0 Å². The Bertz CT molecular complexity index is 3680. The van der Waals surface area contributed by atoms with Gasteiger partial charge in [0.05, 0.1) is 39.2 Å². The summed E-state index contributed by atoms with van der Waals surface area (Å²) in [7, 11) is 0. The van der Waals surface area contributed by atoms with E-state index in [2.05, 4.69) is 37.5 Å². The number of carbonyl (C=O) groups excluding carboxylic acids is 3. The predicted molar refractivity (Wildman–Crippen MR) is 325 cm³/mol. The quantitative estimate of drug-likeness (QED) is 0.0711. The zero-order chi connectivity index (χ0) is 59.5. The molecule has 2 bridgehead atoms. The second kappa shape index (κ2) is 23.6. The number of piperazine rings is 2. The van der Waals surface area contributed by atoms with Crippen molar-refractivity contribution in [3.63, 3.8) is 0 Å². The van der Waals surface area contributed by atoms with Gasteiger partial charge in [0, 0.05) is 88.2 Å². The van der Waals surface area contributed by atoms with Crippen LogP contribution in [-0.4, -0.2) is 169 Å². The van der Waals surface area contributed by atoms with Gasteiger partial charge in [0.2, 0.25) is 11.8 Å². The Morgan fingerprint density at radius 3 is 2.48 bits per heavy atom. The normalized spacial score (nSPS) is 23.8. The fourth-order valence-corrected chi connectivity index (χ4v) is 15.3. The van der Waals surface area contributed by atoms with Gasteiger partial charge in [0.25, 0.3) is 0 Å². The summed E-state index contributed by atoms with van der Waals surface area (Å²) in [4.78, 5) is 72.0. The molecule has 2 unspecified atom stereocenters. The Morgan fingerprint density at radius 2 is 1.73 bits per heavy atom. The van der Waals surface area contributed by atoms with E-state index in [-0.39, 0.29) is 90.6 Å². The zero-order valence-corrected chi connectivity index (χ0v) is 50.2. The first-order valence-corrected chi connectivity index (χ1v) is 31.4. The molecule has 6 aliphatic rings. The lowest BCUT2D eigenvalue weighted by atomic mass is 9.91. The van der Waals surface area contributed by atoms with Crippen LogP contribution in [-0.2, 0) is 20.7 Å². The number of pyridine rings is 1. The maximum Gasteiger partial charge on any atom is 0.409 e. The third kappa shape index (κ3) is 10.9. The molecule has 3 aromatic carbocycles. The number of phenolic OH excluding ortho intramolecular Hbond substituents is 1. The van der Waals surface area contributed by atoms with Crippen molar-refractivity contribution >= 4 is 62.6 Å². The van der Waals surface area contributed by atoms with Crippen molar-refractivity contribution in [1.29, 1.82) is 0 Å². The number of aryl methyl sites for hydroxylation is 2. The topological polar surface area (TPSA) is 228 Å². The maximum atomic E-state index is 17.4. The minimum Gasteiger partial charge on any atom is -0.508 e. The lowest BCUT2D eigenvalue weighted by Crippen LogP contribution is -2.51. The summed E-state index contributed by atoms with van der Waals surface area (Å²) in [6, 6.07) is 18.4. The van der Waals surface area contributed by atoms with Gasteiger partial charge in [0.15, 0.2) is 17.4 Å². The second-order valence-electron chi connectivity index (χ2n) is 24.8. The number of benzene rings is 3. The number of aromatic hydroxyl groups is 1. The van der Waals surface area contributed by atoms with Crippen molar-refractivity contribution in [2.24, 2.45) is 5.92 Å². The van der Waals surface area contributed by atoms with Gasteiger partial charge in [-0.25, -0.2) is 14.2 Å². The number of aliphatic hydroxyl groups excluding tert-OH is 1. The molecule has 3 amide bonds. The highest BCUT2D eigenvalue weighted by molar-refractivity contribution is 7.13. The second-order valence-corrected chi connectivity index (χ2v) is 25.7. The lowest BCUT2D eigenvalue weighted by molar-refractivity contribution is -0.141. The van der Waals surface area contributed by atoms with Gasteiger partial charge in [-0.2, -0.15) is 9.97 Å². The highest BCUT2D eigenvalue weighted by atomic mass is 32.1. The van der Waals surface area contributed by atoms with Crippen LogP contribution in [0, 0.1) is 18.7 Å². The minimum absolute atomic E-state index is 0.0169. The van der Waals surface area contributed by atoms with E-state index < -0.39 is 23.9 Å². The molecule has 0 spiro atoms. The number of rotatable bonds is 16. The third-order valence-electron chi connectivity index (χ3n) is 19.0. The largest absolute Gasteiger partial charge is 0.508 e. The molecule has 4 aromatic heterocycles. The van der Waals surface area contributed by atoms with Crippen molar-refractivity contribution in [1.82, 2.24) is 50.4 Å². The Morgan fingerprint density at radius 1 is 0.942 bits per heavy atom. The van der Waals surface area contributed by atoms with Crippen LogP contribution in [0.25, 0.3) is 43.4 Å². The number of carbonyl (C=O) groups is 3. The van der Waals surface area contributed by atoms with Gasteiger partial charge in [-0.15, -0.1) is 11.3 Å². The summed E-state index contributed by atoms with van der Waals surface area (Å²) in [5.41, 5.74) is 6.16. The number of nitrogens with zero attached hydrogens (tertiary/aromatic N) is 10. The molecule has 13 rings (SSSR count). The van der Waals surface area contributed by atoms with Gasteiger partial charge in [-0.05, 0) is 111 Å². The van der Waals surface area contributed by atoms with E-state index in [9.17, 15) is 24.6 Å². The molecule has 10 heterocycles. The maximum absolute atomic E-state index is 17.4. The van der Waals surface area contributed by atoms with Gasteiger partial charge in [0.1, 0.15) is 48.0 Å². The number of nitrogens with one attached hydrogen (secondary N) is 2. The molecule has 6 aliphatic heterocycles. The molecule has 4 N–H and O–H groups in total. The minimum atomic E-state index is -0.865. The van der Waals surface area contributed by atoms with Crippen molar-refractivity contribution in [2.75, 3.05) is 75.4 Å². The van der Waals surface area contributed by atoms with Gasteiger partial charge in [-0.3, -0.25) is 19.5 Å². The summed E-state index contributed by atoms with van der Waals surface area (Å²) in [6.07, 6.45) is 6.84. The van der Waals surface area contributed by atoms with Gasteiger partial charge >= 0.3 is 12.1 Å². The number of β-amino-alcohol motifs (C(OH)–C–C–N with tert-alkyl or cyclic N) is 1. The van der Waals surface area contributed by atoms with Gasteiger partial charge < -0.3 is 54.4 Å². The van der Waals surface area contributed by atoms with Crippen LogP contribution in [0.5, 0.6) is 11.8 Å². The number of phenols is 1. The van der Waals surface area contributed by atoms with Crippen LogP contribution >= 0.6 is 11.3 Å². The van der Waals surface area contributed by atoms with Crippen LogP contribution in [0.4, 0.5) is 20.8 Å². The van der Waals surface area contributed by atoms with E-state index in [1.165, 1.54) is 4.90 Å². The third-order valence-corrected chi connectivity index (χ3v) is 20.0. The van der Waals surface area contributed by atoms with Crippen molar-refractivity contribution in [2.45, 2.75) is 134 Å². The van der Waals surface area contributed by atoms with E-state index in [4.69, 9.17) is 28.9 Å². The number of hydrogen-bond acceptors (Lipinski definition) is 18. The Hall–Kier alpha value is -7.53. The number of ether oxygens (including phenoxy) is 2. The SMILES string of the molecule is CCc1cccc2cc(O)cc(-c3ncc4c(N5CC6CCC(C5)N6)nc(OC[C@@]56CCCN5[C@H](COC(=O)N5CCN(c7cc([C@H](C(=O)N8C[C@H](O)C[C@H]8C(=O)N[C@@H](C)c8ccc(-c9scnc9C)cc8)C(C)C)on7)CC5)CC6)nc4c3F)c12. The van der Waals surface area contributed by atoms with Crippen LogP contribution in [0.1, 0.15) is 107 Å². The number of thiazole rings is 1. The van der Waals surface area contributed by atoms with E-state index in [1.54, 1.807) is 40.6 Å². The number of aromatic nitrogens is 5. The number of aliphatic hydroxyl groups is 1. The van der Waals surface area contributed by atoms with Crippen molar-refractivity contribution in [3.05, 3.63) is 101 Å². The number of anilines is 2. The monoisotopic (exact) mass is 1190 g/mol. The molecule has 7 aromatic rings. The molecule has 0 saturated carbocycles. The van der Waals surface area contributed by atoms with E-state index in [1.807, 2.05) is 80.6 Å². The molecule has 8 atom stereocenters. The standard InChI is InChI=1S/C64H75FN12O8S/c1-6-39-9-7-10-42-25-46(78)26-48(54(39)42)56-55(65)57-49(29-66-56)59(75-30-43-15-16-44(31-75)69-43)71-62(70-57)84-34-64-18-8-20-77(64)45(17-19-64)33-83-63(82)74-23-21-73(22-24-74)52-28-51(85-72-52)53(36(2)3)61(81)76-32-47(79)27-50(76)60(80)68-37(4)40-11-13-41(14-12-40)58-38(5)67-35-86-58/h7,9-14,25-26,28-29,35-37,43-45,47,50,53,69,78-79H,6,8,15-24,27,30-34H2,1-5H3,(H,68,80)/t37-,43?,44?,45-,47+,50-,53+,64-/m0/s1. The first kappa shape index (κ1) is 57.5. The zero-order valence-electron chi connectivity index (χ0n) is 49.4. The smallest absolute Gasteiger partial charge is 0.409 e.